The molecule has 3 rings (SSSR count). The molecule has 0 aliphatic rings. The summed E-state index contributed by atoms with van der Waals surface area (Å²) in [6, 6.07) is 18.0. The number of aryl methyl sites for hydroxylation is 1. The second-order valence-electron chi connectivity index (χ2n) is 4.86. The Balaban J connectivity index is 2.27. The van der Waals surface area contributed by atoms with Crippen molar-refractivity contribution in [2.75, 3.05) is 7.11 Å². The van der Waals surface area contributed by atoms with E-state index < -0.39 is 0 Å². The van der Waals surface area contributed by atoms with E-state index in [-0.39, 0.29) is 5.75 Å². The van der Waals surface area contributed by atoms with Crippen LogP contribution in [0.2, 0.25) is 0 Å². The fraction of sp³-hybridized carbons (Fsp3) is 0.111. The minimum atomic E-state index is 0.160. The van der Waals surface area contributed by atoms with Gasteiger partial charge in [-0.1, -0.05) is 42.5 Å². The molecule has 3 aromatic carbocycles. The van der Waals surface area contributed by atoms with Gasteiger partial charge in [-0.15, -0.1) is 0 Å². The monoisotopic (exact) mass is 264 g/mol. The molecule has 0 amide bonds. The number of phenols is 1. The van der Waals surface area contributed by atoms with Crippen LogP contribution in [0, 0.1) is 6.92 Å². The summed E-state index contributed by atoms with van der Waals surface area (Å²) in [6.45, 7) is 2.11. The van der Waals surface area contributed by atoms with Crippen LogP contribution >= 0.6 is 0 Å². The van der Waals surface area contributed by atoms with E-state index in [4.69, 9.17) is 4.74 Å². The van der Waals surface area contributed by atoms with E-state index in [1.807, 2.05) is 18.2 Å². The van der Waals surface area contributed by atoms with E-state index in [0.717, 1.165) is 11.1 Å². The van der Waals surface area contributed by atoms with Gasteiger partial charge in [-0.25, -0.2) is 0 Å². The fourth-order valence-corrected chi connectivity index (χ4v) is 2.55. The molecule has 0 bridgehead atoms. The molecule has 0 spiro atoms. The number of ether oxygens (including phenoxy) is 1. The SMILES string of the molecule is COc1cc(-c2ccc(C)c3ccccc23)ccc1O. The van der Waals surface area contributed by atoms with E-state index in [9.17, 15) is 5.11 Å². The van der Waals surface area contributed by atoms with Crippen molar-refractivity contribution in [3.05, 3.63) is 60.2 Å². The smallest absolute Gasteiger partial charge is 0.161 e. The third-order valence-electron chi connectivity index (χ3n) is 3.63. The lowest BCUT2D eigenvalue weighted by atomic mass is 9.95. The Labute approximate surface area is 118 Å². The Morgan fingerprint density at radius 3 is 2.40 bits per heavy atom. The predicted molar refractivity (Wildman–Crippen MR) is 82.3 cm³/mol. The standard InChI is InChI=1S/C18H16O2/c1-12-7-9-15(16-6-4-3-5-14(12)16)13-8-10-17(19)18(11-13)20-2/h3-11,19H,1-2H3. The van der Waals surface area contributed by atoms with E-state index in [1.165, 1.54) is 16.3 Å². The van der Waals surface area contributed by atoms with Crippen molar-refractivity contribution in [3.63, 3.8) is 0 Å². The quantitative estimate of drug-likeness (QED) is 0.737. The van der Waals surface area contributed by atoms with Crippen molar-refractivity contribution in [2.45, 2.75) is 6.92 Å². The van der Waals surface area contributed by atoms with Crippen LogP contribution in [0.25, 0.3) is 21.9 Å². The molecule has 1 N–H and O–H groups in total. The van der Waals surface area contributed by atoms with Crippen molar-refractivity contribution in [1.82, 2.24) is 0 Å². The van der Waals surface area contributed by atoms with Gasteiger partial charge in [0, 0.05) is 0 Å². The van der Waals surface area contributed by atoms with E-state index >= 15 is 0 Å². The maximum atomic E-state index is 9.71. The van der Waals surface area contributed by atoms with Gasteiger partial charge in [-0.3, -0.25) is 0 Å². The number of fused-ring (bicyclic) bond motifs is 1. The summed E-state index contributed by atoms with van der Waals surface area (Å²) in [6.07, 6.45) is 0. The summed E-state index contributed by atoms with van der Waals surface area (Å²) in [5.41, 5.74) is 3.44. The van der Waals surface area contributed by atoms with E-state index in [0.29, 0.717) is 5.75 Å². The van der Waals surface area contributed by atoms with Crippen LogP contribution in [0.5, 0.6) is 11.5 Å². The summed E-state index contributed by atoms with van der Waals surface area (Å²) in [4.78, 5) is 0. The first-order chi connectivity index (χ1) is 9.70. The van der Waals surface area contributed by atoms with Gasteiger partial charge in [0.25, 0.3) is 0 Å². The van der Waals surface area contributed by atoms with Crippen LogP contribution in [-0.4, -0.2) is 12.2 Å². The van der Waals surface area contributed by atoms with Crippen molar-refractivity contribution in [2.24, 2.45) is 0 Å². The summed E-state index contributed by atoms with van der Waals surface area (Å²) in [7, 11) is 1.56. The minimum absolute atomic E-state index is 0.160. The van der Waals surface area contributed by atoms with Crippen LogP contribution in [0.1, 0.15) is 5.56 Å². The first kappa shape index (κ1) is 12.5. The van der Waals surface area contributed by atoms with Crippen molar-refractivity contribution in [1.29, 1.82) is 0 Å². The van der Waals surface area contributed by atoms with E-state index in [2.05, 4.69) is 37.3 Å². The first-order valence-corrected chi connectivity index (χ1v) is 6.56. The highest BCUT2D eigenvalue weighted by Gasteiger charge is 2.08. The average Bonchev–Trinajstić information content (AvgIpc) is 2.49. The van der Waals surface area contributed by atoms with Crippen LogP contribution in [0.3, 0.4) is 0 Å². The largest absolute Gasteiger partial charge is 0.504 e. The average molecular weight is 264 g/mol. The molecule has 100 valence electrons. The van der Waals surface area contributed by atoms with Crippen molar-refractivity contribution < 1.29 is 9.84 Å². The highest BCUT2D eigenvalue weighted by atomic mass is 16.5. The summed E-state index contributed by atoms with van der Waals surface area (Å²) in [5.74, 6) is 0.653. The molecule has 0 aliphatic heterocycles. The van der Waals surface area contributed by atoms with Gasteiger partial charge in [0.2, 0.25) is 0 Å². The van der Waals surface area contributed by atoms with Crippen molar-refractivity contribution in [3.8, 4) is 22.6 Å². The molecule has 0 saturated heterocycles. The lowest BCUT2D eigenvalue weighted by Crippen LogP contribution is -1.87. The number of rotatable bonds is 2. The highest BCUT2D eigenvalue weighted by Crippen LogP contribution is 2.35. The number of hydrogen-bond donors (Lipinski definition) is 1. The Hall–Kier alpha value is -2.48. The third-order valence-corrected chi connectivity index (χ3v) is 3.63. The molecule has 3 aromatic rings. The zero-order chi connectivity index (χ0) is 14.1. The molecule has 0 heterocycles. The summed E-state index contributed by atoms with van der Waals surface area (Å²) >= 11 is 0. The molecule has 2 heteroatoms. The van der Waals surface area contributed by atoms with Crippen LogP contribution < -0.4 is 4.74 Å². The Morgan fingerprint density at radius 1 is 0.900 bits per heavy atom. The molecule has 0 unspecified atom stereocenters. The second-order valence-corrected chi connectivity index (χ2v) is 4.86. The Morgan fingerprint density at radius 2 is 1.65 bits per heavy atom. The van der Waals surface area contributed by atoms with Crippen LogP contribution in [-0.2, 0) is 0 Å². The van der Waals surface area contributed by atoms with Gasteiger partial charge >= 0.3 is 0 Å². The van der Waals surface area contributed by atoms with E-state index in [1.54, 1.807) is 13.2 Å². The molecule has 0 aromatic heterocycles. The van der Waals surface area contributed by atoms with Gasteiger partial charge in [-0.05, 0) is 46.5 Å². The number of phenolic OH excluding ortho intramolecular Hbond substituents is 1. The zero-order valence-electron chi connectivity index (χ0n) is 11.6. The lowest BCUT2D eigenvalue weighted by Gasteiger charge is -2.11. The van der Waals surface area contributed by atoms with Gasteiger partial charge in [0.05, 0.1) is 7.11 Å². The maximum Gasteiger partial charge on any atom is 0.161 e. The van der Waals surface area contributed by atoms with Gasteiger partial charge in [0.15, 0.2) is 11.5 Å². The molecular formula is C18H16O2. The zero-order valence-corrected chi connectivity index (χ0v) is 11.6. The molecule has 0 fully saturated rings. The Bertz CT molecular complexity index is 775. The maximum absolute atomic E-state index is 9.71. The summed E-state index contributed by atoms with van der Waals surface area (Å²) in [5, 5.41) is 12.2. The normalized spacial score (nSPS) is 10.7. The third kappa shape index (κ3) is 1.99. The van der Waals surface area contributed by atoms with Crippen molar-refractivity contribution >= 4 is 10.8 Å². The second kappa shape index (κ2) is 4.89. The number of aromatic hydroxyl groups is 1. The molecular weight excluding hydrogens is 248 g/mol. The number of hydrogen-bond acceptors (Lipinski definition) is 2. The molecule has 0 aliphatic carbocycles. The molecule has 2 nitrogen and oxygen atoms in total. The first-order valence-electron chi connectivity index (χ1n) is 6.56. The number of benzene rings is 3. The fourth-order valence-electron chi connectivity index (χ4n) is 2.55. The minimum Gasteiger partial charge on any atom is -0.504 e. The van der Waals surface area contributed by atoms with Gasteiger partial charge in [0.1, 0.15) is 0 Å². The Kier molecular flexibility index (Phi) is 3.07. The molecule has 0 radical (unpaired) electrons. The lowest BCUT2D eigenvalue weighted by molar-refractivity contribution is 0.373. The number of methoxy groups -OCH3 is 1. The summed E-state index contributed by atoms with van der Waals surface area (Å²) < 4.78 is 5.19. The topological polar surface area (TPSA) is 29.5 Å². The van der Waals surface area contributed by atoms with Gasteiger partial charge < -0.3 is 9.84 Å². The molecule has 0 atom stereocenters. The molecule has 20 heavy (non-hydrogen) atoms. The van der Waals surface area contributed by atoms with Crippen LogP contribution in [0.4, 0.5) is 0 Å². The van der Waals surface area contributed by atoms with Crippen LogP contribution in [0.15, 0.2) is 54.6 Å². The molecule has 0 saturated carbocycles. The predicted octanol–water partition coefficient (Wildman–Crippen LogP) is 4.53. The van der Waals surface area contributed by atoms with Gasteiger partial charge in [-0.2, -0.15) is 0 Å². The highest BCUT2D eigenvalue weighted by molar-refractivity contribution is 5.98.